The molecule has 9 heteroatoms. The fraction of sp³-hybridized carbons (Fsp3) is 0.556. The van der Waals surface area contributed by atoms with E-state index in [0.29, 0.717) is 17.9 Å². The van der Waals surface area contributed by atoms with Crippen molar-refractivity contribution in [1.29, 1.82) is 0 Å². The number of benzene rings is 1. The van der Waals surface area contributed by atoms with E-state index in [1.165, 1.54) is 35.5 Å². The molecule has 0 spiro atoms. The van der Waals surface area contributed by atoms with Crippen molar-refractivity contribution >= 4 is 33.5 Å². The van der Waals surface area contributed by atoms with Crippen LogP contribution in [0.2, 0.25) is 5.02 Å². The van der Waals surface area contributed by atoms with Gasteiger partial charge >= 0.3 is 5.97 Å². The highest BCUT2D eigenvalue weighted by Gasteiger charge is 2.33. The first-order chi connectivity index (χ1) is 12.6. The van der Waals surface area contributed by atoms with Gasteiger partial charge in [-0.15, -0.1) is 0 Å². The highest BCUT2D eigenvalue weighted by molar-refractivity contribution is 7.89. The lowest BCUT2D eigenvalue weighted by atomic mass is 9.98. The van der Waals surface area contributed by atoms with Crippen LogP contribution in [-0.2, 0) is 24.3 Å². The summed E-state index contributed by atoms with van der Waals surface area (Å²) in [7, 11) is -3.62. The Balaban J connectivity index is 1.91. The van der Waals surface area contributed by atoms with Gasteiger partial charge < -0.3 is 10.1 Å². The van der Waals surface area contributed by atoms with E-state index in [9.17, 15) is 18.0 Å². The maximum absolute atomic E-state index is 12.7. The minimum atomic E-state index is -3.62. The molecule has 0 aliphatic carbocycles. The number of amides is 1. The highest BCUT2D eigenvalue weighted by atomic mass is 35.5. The number of hydrogen-bond donors (Lipinski definition) is 1. The van der Waals surface area contributed by atoms with Crippen molar-refractivity contribution in [2.24, 2.45) is 5.92 Å². The van der Waals surface area contributed by atoms with E-state index in [4.69, 9.17) is 16.3 Å². The first kappa shape index (κ1) is 21.7. The molecule has 1 aliphatic rings. The second kappa shape index (κ2) is 9.03. The van der Waals surface area contributed by atoms with Gasteiger partial charge in [0.25, 0.3) is 5.91 Å². The Bertz CT molecular complexity index is 771. The summed E-state index contributed by atoms with van der Waals surface area (Å²) in [6.07, 6.45) is -0.176. The molecule has 1 heterocycles. The number of halogens is 1. The van der Waals surface area contributed by atoms with Crippen LogP contribution in [0.25, 0.3) is 0 Å². The predicted octanol–water partition coefficient (Wildman–Crippen LogP) is 2.20. The van der Waals surface area contributed by atoms with Crippen LogP contribution < -0.4 is 5.32 Å². The van der Waals surface area contributed by atoms with Crippen LogP contribution in [-0.4, -0.2) is 49.8 Å². The summed E-state index contributed by atoms with van der Waals surface area (Å²) < 4.78 is 31.9. The lowest BCUT2D eigenvalue weighted by Gasteiger charge is -2.30. The zero-order valence-corrected chi connectivity index (χ0v) is 17.2. The average Bonchev–Trinajstić information content (AvgIpc) is 2.61. The zero-order chi connectivity index (χ0) is 20.2. The molecule has 1 N–H and O–H groups in total. The lowest BCUT2D eigenvalue weighted by molar-refractivity contribution is -0.160. The molecule has 1 amide bonds. The van der Waals surface area contributed by atoms with Gasteiger partial charge in [0, 0.05) is 24.2 Å². The van der Waals surface area contributed by atoms with Crippen molar-refractivity contribution in [3.05, 3.63) is 29.3 Å². The quantitative estimate of drug-likeness (QED) is 0.717. The van der Waals surface area contributed by atoms with Crippen molar-refractivity contribution in [2.45, 2.75) is 50.7 Å². The molecule has 1 saturated heterocycles. The normalized spacial score (nSPS) is 17.5. The number of carbonyl (C=O) groups is 2. The monoisotopic (exact) mass is 416 g/mol. The predicted molar refractivity (Wildman–Crippen MR) is 102 cm³/mol. The maximum Gasteiger partial charge on any atom is 0.309 e. The molecular weight excluding hydrogens is 392 g/mol. The van der Waals surface area contributed by atoms with E-state index in [2.05, 4.69) is 5.32 Å². The first-order valence-electron chi connectivity index (χ1n) is 8.88. The third kappa shape index (κ3) is 5.67. The number of nitrogens with zero attached hydrogens (tertiary/aromatic N) is 1. The van der Waals surface area contributed by atoms with E-state index in [1.807, 2.05) is 13.8 Å². The number of carbonyl (C=O) groups excluding carboxylic acids is 2. The minimum absolute atomic E-state index is 0.0417. The number of rotatable bonds is 6. The number of piperidine rings is 1. The Kier molecular flexibility index (Phi) is 7.25. The second-order valence-corrected chi connectivity index (χ2v) is 9.25. The third-order valence-electron chi connectivity index (χ3n) is 4.33. The molecule has 0 radical (unpaired) electrons. The molecule has 1 aliphatic heterocycles. The number of sulfonamides is 1. The Morgan fingerprint density at radius 1 is 1.15 bits per heavy atom. The van der Waals surface area contributed by atoms with Gasteiger partial charge in [-0.25, -0.2) is 8.42 Å². The molecule has 0 unspecified atom stereocenters. The van der Waals surface area contributed by atoms with Crippen LogP contribution >= 0.6 is 11.6 Å². The van der Waals surface area contributed by atoms with Gasteiger partial charge in [-0.05, 0) is 57.9 Å². The Labute approximate surface area is 165 Å². The molecule has 2 rings (SSSR count). The molecule has 0 aromatic heterocycles. The highest BCUT2D eigenvalue weighted by Crippen LogP contribution is 2.25. The molecule has 0 bridgehead atoms. The second-order valence-electron chi connectivity index (χ2n) is 6.87. The van der Waals surface area contributed by atoms with E-state index in [-0.39, 0.29) is 29.9 Å². The SMILES string of the molecule is CC(C)NC(=O)[C@@H](C)OC(=O)C1CCN(S(=O)(=O)c2ccc(Cl)cc2)CC1. The van der Waals surface area contributed by atoms with Crippen molar-refractivity contribution in [2.75, 3.05) is 13.1 Å². The van der Waals surface area contributed by atoms with E-state index in [1.54, 1.807) is 0 Å². The molecule has 1 aromatic carbocycles. The number of ether oxygens (including phenoxy) is 1. The topological polar surface area (TPSA) is 92.8 Å². The summed E-state index contributed by atoms with van der Waals surface area (Å²) in [6.45, 7) is 5.61. The van der Waals surface area contributed by atoms with E-state index < -0.39 is 28.0 Å². The largest absolute Gasteiger partial charge is 0.452 e. The smallest absolute Gasteiger partial charge is 0.309 e. The Morgan fingerprint density at radius 2 is 1.70 bits per heavy atom. The average molecular weight is 417 g/mol. The van der Waals surface area contributed by atoms with E-state index in [0.717, 1.165) is 0 Å². The summed E-state index contributed by atoms with van der Waals surface area (Å²) in [5, 5.41) is 3.15. The van der Waals surface area contributed by atoms with Crippen LogP contribution in [0.1, 0.15) is 33.6 Å². The maximum atomic E-state index is 12.7. The fourth-order valence-electron chi connectivity index (χ4n) is 2.81. The van der Waals surface area contributed by atoms with Crippen LogP contribution in [0.15, 0.2) is 29.2 Å². The molecule has 1 atom stereocenters. The summed E-state index contributed by atoms with van der Waals surface area (Å²) in [5.74, 6) is -1.23. The molecule has 150 valence electrons. The summed E-state index contributed by atoms with van der Waals surface area (Å²) >= 11 is 5.80. The van der Waals surface area contributed by atoms with E-state index >= 15 is 0 Å². The minimum Gasteiger partial charge on any atom is -0.452 e. The Morgan fingerprint density at radius 3 is 2.22 bits per heavy atom. The van der Waals surface area contributed by atoms with Gasteiger partial charge in [-0.3, -0.25) is 9.59 Å². The van der Waals surface area contributed by atoms with Crippen molar-refractivity contribution in [1.82, 2.24) is 9.62 Å². The van der Waals surface area contributed by atoms with Gasteiger partial charge in [0.05, 0.1) is 10.8 Å². The first-order valence-corrected chi connectivity index (χ1v) is 10.7. The molecular formula is C18H25ClN2O5S. The van der Waals surface area contributed by atoms with Crippen molar-refractivity contribution in [3.8, 4) is 0 Å². The van der Waals surface area contributed by atoms with Crippen LogP contribution in [0.5, 0.6) is 0 Å². The van der Waals surface area contributed by atoms with Gasteiger partial charge in [0.2, 0.25) is 10.0 Å². The van der Waals surface area contributed by atoms with Crippen LogP contribution in [0.4, 0.5) is 0 Å². The van der Waals surface area contributed by atoms with Crippen molar-refractivity contribution in [3.63, 3.8) is 0 Å². The molecule has 1 aromatic rings. The van der Waals surface area contributed by atoms with Gasteiger partial charge in [0.15, 0.2) is 6.10 Å². The van der Waals surface area contributed by atoms with Crippen LogP contribution in [0, 0.1) is 5.92 Å². The molecule has 1 fully saturated rings. The number of nitrogens with one attached hydrogen (secondary N) is 1. The third-order valence-corrected chi connectivity index (χ3v) is 6.50. The van der Waals surface area contributed by atoms with Crippen LogP contribution in [0.3, 0.4) is 0 Å². The Hall–Kier alpha value is -1.64. The molecule has 27 heavy (non-hydrogen) atoms. The number of esters is 1. The van der Waals surface area contributed by atoms with Gasteiger partial charge in [-0.1, -0.05) is 11.6 Å². The standard InChI is InChI=1S/C18H25ClN2O5S/c1-12(2)20-17(22)13(3)26-18(23)14-8-10-21(11-9-14)27(24,25)16-6-4-15(19)5-7-16/h4-7,12-14H,8-11H2,1-3H3,(H,20,22)/t13-/m1/s1. The lowest BCUT2D eigenvalue weighted by Crippen LogP contribution is -2.43. The molecule has 0 saturated carbocycles. The van der Waals surface area contributed by atoms with Gasteiger partial charge in [-0.2, -0.15) is 4.31 Å². The fourth-order valence-corrected chi connectivity index (χ4v) is 4.41. The van der Waals surface area contributed by atoms with Crippen molar-refractivity contribution < 1.29 is 22.7 Å². The zero-order valence-electron chi connectivity index (χ0n) is 15.6. The molecule has 7 nitrogen and oxygen atoms in total. The number of hydrogen-bond acceptors (Lipinski definition) is 5. The summed E-state index contributed by atoms with van der Waals surface area (Å²) in [5.41, 5.74) is 0. The van der Waals surface area contributed by atoms with Gasteiger partial charge in [0.1, 0.15) is 0 Å². The summed E-state index contributed by atoms with van der Waals surface area (Å²) in [6, 6.07) is 5.95. The summed E-state index contributed by atoms with van der Waals surface area (Å²) in [4.78, 5) is 24.3.